The molecule has 2 fully saturated rings. The van der Waals surface area contributed by atoms with E-state index in [4.69, 9.17) is 0 Å². The largest absolute Gasteiger partial charge is 0.207 e. The Labute approximate surface area is 138 Å². The van der Waals surface area contributed by atoms with Crippen LogP contribution in [0, 0.1) is 11.7 Å². The predicted octanol–water partition coefficient (Wildman–Crippen LogP) is 6.66. The summed E-state index contributed by atoms with van der Waals surface area (Å²) in [5.74, 6) is 2.04. The van der Waals surface area contributed by atoms with E-state index >= 15 is 0 Å². The first-order valence-electron chi connectivity index (χ1n) is 9.10. The first-order chi connectivity index (χ1) is 11.2. The van der Waals surface area contributed by atoms with Crippen molar-refractivity contribution < 1.29 is 4.39 Å². The van der Waals surface area contributed by atoms with Crippen molar-refractivity contribution in [2.75, 3.05) is 0 Å². The van der Waals surface area contributed by atoms with Gasteiger partial charge >= 0.3 is 0 Å². The minimum absolute atomic E-state index is 0.0321. The summed E-state index contributed by atoms with van der Waals surface area (Å²) >= 11 is 0. The van der Waals surface area contributed by atoms with Crippen LogP contribution in [0.4, 0.5) is 4.39 Å². The molecule has 23 heavy (non-hydrogen) atoms. The van der Waals surface area contributed by atoms with Gasteiger partial charge < -0.3 is 0 Å². The second-order valence-corrected chi connectivity index (χ2v) is 7.59. The molecule has 0 heterocycles. The Morgan fingerprint density at radius 1 is 0.739 bits per heavy atom. The van der Waals surface area contributed by atoms with Crippen molar-refractivity contribution in [1.29, 1.82) is 0 Å². The second-order valence-electron chi connectivity index (χ2n) is 7.59. The summed E-state index contributed by atoms with van der Waals surface area (Å²) in [7, 11) is 0. The Morgan fingerprint density at radius 2 is 1.35 bits per heavy atom. The van der Waals surface area contributed by atoms with E-state index in [9.17, 15) is 4.39 Å². The molecule has 0 saturated heterocycles. The zero-order chi connectivity index (χ0) is 15.8. The lowest BCUT2D eigenvalue weighted by Gasteiger charge is -2.26. The highest BCUT2D eigenvalue weighted by molar-refractivity contribution is 5.64. The summed E-state index contributed by atoms with van der Waals surface area (Å²) in [6.45, 7) is 2.36. The standard InChI is InChI=1S/C22H25F/c1-15-2-4-16(5-3-15)17-6-8-18(9-7-17)20-12-13-21(19-10-11-19)22(23)14-20/h6-9,12-16,19H,2-5,10-11H2,1H3. The van der Waals surface area contributed by atoms with Crippen LogP contribution in [0.5, 0.6) is 0 Å². The molecule has 2 aromatic carbocycles. The van der Waals surface area contributed by atoms with Crippen molar-refractivity contribution in [1.82, 2.24) is 0 Å². The van der Waals surface area contributed by atoms with Crippen molar-refractivity contribution >= 4 is 0 Å². The van der Waals surface area contributed by atoms with Gasteiger partial charge in [0.05, 0.1) is 0 Å². The van der Waals surface area contributed by atoms with E-state index in [0.29, 0.717) is 11.8 Å². The van der Waals surface area contributed by atoms with Gasteiger partial charge in [0.2, 0.25) is 0 Å². The van der Waals surface area contributed by atoms with Crippen molar-refractivity contribution in [3.63, 3.8) is 0 Å². The molecule has 0 bridgehead atoms. The molecule has 0 spiro atoms. The molecular formula is C22H25F. The van der Waals surface area contributed by atoms with Crippen molar-refractivity contribution in [2.24, 2.45) is 5.92 Å². The summed E-state index contributed by atoms with van der Waals surface area (Å²) in [6, 6.07) is 14.6. The molecule has 2 aromatic rings. The highest BCUT2D eigenvalue weighted by Crippen LogP contribution is 2.42. The first kappa shape index (κ1) is 14.9. The number of rotatable bonds is 3. The maximum atomic E-state index is 14.2. The minimum atomic E-state index is -0.0321. The van der Waals surface area contributed by atoms with E-state index in [2.05, 4.69) is 37.3 Å². The van der Waals surface area contributed by atoms with E-state index in [-0.39, 0.29) is 5.82 Å². The highest BCUT2D eigenvalue weighted by Gasteiger charge is 2.26. The number of benzene rings is 2. The van der Waals surface area contributed by atoms with Gasteiger partial charge in [-0.3, -0.25) is 0 Å². The van der Waals surface area contributed by atoms with Crippen LogP contribution < -0.4 is 0 Å². The number of hydrogen-bond acceptors (Lipinski definition) is 0. The average Bonchev–Trinajstić information content (AvgIpc) is 3.40. The highest BCUT2D eigenvalue weighted by atomic mass is 19.1. The monoisotopic (exact) mass is 308 g/mol. The van der Waals surface area contributed by atoms with Gasteiger partial charge in [-0.1, -0.05) is 56.2 Å². The molecule has 120 valence electrons. The molecule has 0 aliphatic heterocycles. The third-order valence-corrected chi connectivity index (χ3v) is 5.75. The molecular weight excluding hydrogens is 283 g/mol. The van der Waals surface area contributed by atoms with Crippen LogP contribution in [0.3, 0.4) is 0 Å². The molecule has 0 N–H and O–H groups in total. The van der Waals surface area contributed by atoms with Crippen LogP contribution >= 0.6 is 0 Å². The van der Waals surface area contributed by atoms with Gasteiger partial charge in [-0.15, -0.1) is 0 Å². The van der Waals surface area contributed by atoms with E-state index in [0.717, 1.165) is 35.4 Å². The topological polar surface area (TPSA) is 0 Å². The van der Waals surface area contributed by atoms with Crippen LogP contribution in [0.1, 0.15) is 68.4 Å². The molecule has 0 aromatic heterocycles. The molecule has 0 radical (unpaired) electrons. The maximum Gasteiger partial charge on any atom is 0.127 e. The summed E-state index contributed by atoms with van der Waals surface area (Å²) in [5, 5.41) is 0. The van der Waals surface area contributed by atoms with Crippen LogP contribution in [0.2, 0.25) is 0 Å². The normalized spacial score (nSPS) is 24.6. The zero-order valence-corrected chi connectivity index (χ0v) is 13.9. The zero-order valence-electron chi connectivity index (χ0n) is 13.9. The van der Waals surface area contributed by atoms with E-state index in [1.807, 2.05) is 6.07 Å². The Morgan fingerprint density at radius 3 is 1.96 bits per heavy atom. The predicted molar refractivity (Wildman–Crippen MR) is 94.2 cm³/mol. The lowest BCUT2D eigenvalue weighted by atomic mass is 9.79. The van der Waals surface area contributed by atoms with Gasteiger partial charge in [-0.05, 0) is 71.8 Å². The lowest BCUT2D eigenvalue weighted by molar-refractivity contribution is 0.348. The average molecular weight is 308 g/mol. The maximum absolute atomic E-state index is 14.2. The molecule has 2 saturated carbocycles. The van der Waals surface area contributed by atoms with Gasteiger partial charge in [0.15, 0.2) is 0 Å². The summed E-state index contributed by atoms with van der Waals surface area (Å²) in [6.07, 6.45) is 7.60. The van der Waals surface area contributed by atoms with E-state index in [1.165, 1.54) is 31.2 Å². The van der Waals surface area contributed by atoms with E-state index < -0.39 is 0 Å². The Balaban J connectivity index is 1.52. The van der Waals surface area contributed by atoms with Crippen molar-refractivity contribution in [2.45, 2.75) is 57.3 Å². The van der Waals surface area contributed by atoms with Gasteiger partial charge in [0.25, 0.3) is 0 Å². The molecule has 2 aliphatic rings. The third-order valence-electron chi connectivity index (χ3n) is 5.75. The smallest absolute Gasteiger partial charge is 0.127 e. The molecule has 0 nitrogen and oxygen atoms in total. The number of hydrogen-bond donors (Lipinski definition) is 0. The van der Waals surface area contributed by atoms with Crippen LogP contribution in [0.15, 0.2) is 42.5 Å². The first-order valence-corrected chi connectivity index (χ1v) is 9.10. The van der Waals surface area contributed by atoms with Gasteiger partial charge in [0.1, 0.15) is 5.82 Å². The fraction of sp³-hybridized carbons (Fsp3) is 0.455. The van der Waals surface area contributed by atoms with Gasteiger partial charge in [0, 0.05) is 0 Å². The van der Waals surface area contributed by atoms with Crippen molar-refractivity contribution in [3.8, 4) is 11.1 Å². The molecule has 1 heteroatoms. The Hall–Kier alpha value is -1.63. The molecule has 2 aliphatic carbocycles. The van der Waals surface area contributed by atoms with Crippen molar-refractivity contribution in [3.05, 3.63) is 59.4 Å². The second kappa shape index (κ2) is 6.11. The molecule has 0 atom stereocenters. The molecule has 0 unspecified atom stereocenters. The lowest BCUT2D eigenvalue weighted by Crippen LogP contribution is -2.10. The summed E-state index contributed by atoms with van der Waals surface area (Å²) in [4.78, 5) is 0. The minimum Gasteiger partial charge on any atom is -0.207 e. The molecule has 4 rings (SSSR count). The van der Waals surface area contributed by atoms with Crippen LogP contribution in [-0.2, 0) is 0 Å². The fourth-order valence-corrected chi connectivity index (χ4v) is 3.97. The Kier molecular flexibility index (Phi) is 3.97. The quantitative estimate of drug-likeness (QED) is 0.594. The number of halogens is 1. The van der Waals surface area contributed by atoms with Gasteiger partial charge in [-0.2, -0.15) is 0 Å². The Bertz CT molecular complexity index is 674. The third kappa shape index (κ3) is 3.20. The summed E-state index contributed by atoms with van der Waals surface area (Å²) < 4.78 is 14.2. The van der Waals surface area contributed by atoms with Crippen LogP contribution in [-0.4, -0.2) is 0 Å². The van der Waals surface area contributed by atoms with Gasteiger partial charge in [-0.25, -0.2) is 4.39 Å². The summed E-state index contributed by atoms with van der Waals surface area (Å²) in [5.41, 5.74) is 4.48. The fourth-order valence-electron chi connectivity index (χ4n) is 3.97. The SMILES string of the molecule is CC1CCC(c2ccc(-c3ccc(C4CC4)c(F)c3)cc2)CC1. The molecule has 0 amide bonds. The van der Waals surface area contributed by atoms with Crippen LogP contribution in [0.25, 0.3) is 11.1 Å². The van der Waals surface area contributed by atoms with E-state index in [1.54, 1.807) is 6.07 Å².